The Hall–Kier alpha value is -1.25. The first-order valence-corrected chi connectivity index (χ1v) is 5.61. The summed E-state index contributed by atoms with van der Waals surface area (Å²) in [5, 5.41) is 0. The zero-order chi connectivity index (χ0) is 11.5. The zero-order valence-electron chi connectivity index (χ0n) is 8.96. The second-order valence-corrected chi connectivity index (χ2v) is 4.39. The molecule has 1 nitrogen and oxygen atoms in total. The van der Waals surface area contributed by atoms with Crippen LogP contribution in [0.5, 0.6) is 0 Å². The fourth-order valence-corrected chi connectivity index (χ4v) is 2.40. The van der Waals surface area contributed by atoms with E-state index in [0.717, 1.165) is 38.0 Å². The van der Waals surface area contributed by atoms with E-state index in [2.05, 4.69) is 0 Å². The highest BCUT2D eigenvalue weighted by Crippen LogP contribution is 2.36. The Balaban J connectivity index is 2.14. The zero-order valence-corrected chi connectivity index (χ0v) is 8.96. The van der Waals surface area contributed by atoms with Crippen LogP contribution in [0.15, 0.2) is 18.2 Å². The van der Waals surface area contributed by atoms with Crippen LogP contribution >= 0.6 is 0 Å². The smallest absolute Gasteiger partial charge is 0.162 e. The van der Waals surface area contributed by atoms with Gasteiger partial charge in [-0.1, -0.05) is 12.1 Å². The van der Waals surface area contributed by atoms with Crippen molar-refractivity contribution >= 4 is 6.29 Å². The number of hydrogen-bond donors (Lipinski definition) is 0. The van der Waals surface area contributed by atoms with Gasteiger partial charge in [-0.3, -0.25) is 0 Å². The monoisotopic (exact) mass is 224 g/mol. The molecule has 0 aliphatic heterocycles. The molecule has 0 spiro atoms. The van der Waals surface area contributed by atoms with Crippen LogP contribution < -0.4 is 0 Å². The average molecular weight is 224 g/mol. The third kappa shape index (κ3) is 2.13. The lowest BCUT2D eigenvalue weighted by atomic mass is 9.79. The molecular formula is C13H14F2O. The van der Waals surface area contributed by atoms with E-state index in [9.17, 15) is 13.6 Å². The van der Waals surface area contributed by atoms with Crippen molar-refractivity contribution in [3.05, 3.63) is 35.4 Å². The highest BCUT2D eigenvalue weighted by Gasteiger charge is 2.24. The Labute approximate surface area is 93.5 Å². The summed E-state index contributed by atoms with van der Waals surface area (Å²) in [6.07, 6.45) is 4.07. The molecule has 2 rings (SSSR count). The quantitative estimate of drug-likeness (QED) is 0.703. The summed E-state index contributed by atoms with van der Waals surface area (Å²) >= 11 is 0. The molecule has 0 radical (unpaired) electrons. The van der Waals surface area contributed by atoms with E-state index in [0.29, 0.717) is 5.56 Å². The van der Waals surface area contributed by atoms with Gasteiger partial charge in [0.1, 0.15) is 6.29 Å². The van der Waals surface area contributed by atoms with Gasteiger partial charge in [-0.05, 0) is 43.2 Å². The van der Waals surface area contributed by atoms with Gasteiger partial charge in [0.05, 0.1) is 0 Å². The van der Waals surface area contributed by atoms with Gasteiger partial charge in [0.25, 0.3) is 0 Å². The second-order valence-electron chi connectivity index (χ2n) is 4.39. The van der Waals surface area contributed by atoms with Crippen molar-refractivity contribution in [1.82, 2.24) is 0 Å². The normalized spacial score (nSPS) is 25.4. The Morgan fingerprint density at radius 1 is 1.12 bits per heavy atom. The summed E-state index contributed by atoms with van der Waals surface area (Å²) < 4.78 is 26.6. The van der Waals surface area contributed by atoms with E-state index < -0.39 is 11.6 Å². The van der Waals surface area contributed by atoms with E-state index >= 15 is 0 Å². The molecule has 3 heteroatoms. The Bertz CT molecular complexity index is 382. The Kier molecular flexibility index (Phi) is 3.32. The number of aldehydes is 1. The molecule has 1 saturated carbocycles. The van der Waals surface area contributed by atoms with E-state index in [-0.39, 0.29) is 11.8 Å². The van der Waals surface area contributed by atoms with Gasteiger partial charge >= 0.3 is 0 Å². The maximum atomic E-state index is 13.5. The fraction of sp³-hybridized carbons (Fsp3) is 0.462. The third-order valence-corrected chi connectivity index (χ3v) is 3.39. The van der Waals surface area contributed by atoms with E-state index in [1.807, 2.05) is 0 Å². The van der Waals surface area contributed by atoms with Crippen LogP contribution in [-0.4, -0.2) is 6.29 Å². The minimum Gasteiger partial charge on any atom is -0.303 e. The van der Waals surface area contributed by atoms with E-state index in [1.54, 1.807) is 12.1 Å². The highest BCUT2D eigenvalue weighted by atomic mass is 19.2. The van der Waals surface area contributed by atoms with Crippen LogP contribution in [0.4, 0.5) is 8.78 Å². The lowest BCUT2D eigenvalue weighted by Gasteiger charge is -2.25. The molecule has 0 bridgehead atoms. The van der Waals surface area contributed by atoms with Gasteiger partial charge in [-0.25, -0.2) is 8.78 Å². The molecule has 86 valence electrons. The van der Waals surface area contributed by atoms with Crippen molar-refractivity contribution in [3.63, 3.8) is 0 Å². The summed E-state index contributed by atoms with van der Waals surface area (Å²) in [5.74, 6) is -1.34. The molecule has 1 aromatic carbocycles. The van der Waals surface area contributed by atoms with Gasteiger partial charge in [0, 0.05) is 5.92 Å². The van der Waals surface area contributed by atoms with Crippen LogP contribution in [0.1, 0.15) is 37.2 Å². The maximum Gasteiger partial charge on any atom is 0.162 e. The first-order valence-electron chi connectivity index (χ1n) is 5.61. The van der Waals surface area contributed by atoms with Crippen LogP contribution in [0.25, 0.3) is 0 Å². The number of carbonyl (C=O) groups excluding carboxylic acids is 1. The van der Waals surface area contributed by atoms with Gasteiger partial charge in [0.15, 0.2) is 11.6 Å². The van der Waals surface area contributed by atoms with Crippen molar-refractivity contribution in [3.8, 4) is 0 Å². The fourth-order valence-electron chi connectivity index (χ4n) is 2.40. The molecule has 0 saturated heterocycles. The predicted octanol–water partition coefficient (Wildman–Crippen LogP) is 3.44. The molecular weight excluding hydrogens is 210 g/mol. The minimum atomic E-state index is -0.782. The molecule has 0 atom stereocenters. The van der Waals surface area contributed by atoms with Gasteiger partial charge < -0.3 is 4.79 Å². The molecule has 0 amide bonds. The number of carbonyl (C=O) groups is 1. The van der Waals surface area contributed by atoms with Gasteiger partial charge in [0.2, 0.25) is 0 Å². The Morgan fingerprint density at radius 3 is 2.44 bits per heavy atom. The van der Waals surface area contributed by atoms with Crippen LogP contribution in [0.3, 0.4) is 0 Å². The molecule has 1 aromatic rings. The summed E-state index contributed by atoms with van der Waals surface area (Å²) in [6, 6.07) is 4.32. The first-order chi connectivity index (χ1) is 7.72. The molecule has 1 fully saturated rings. The van der Waals surface area contributed by atoms with Crippen molar-refractivity contribution in [2.75, 3.05) is 0 Å². The molecule has 1 aliphatic carbocycles. The number of benzene rings is 1. The van der Waals surface area contributed by atoms with Crippen molar-refractivity contribution in [2.45, 2.75) is 31.6 Å². The minimum absolute atomic E-state index is 0.0619. The van der Waals surface area contributed by atoms with Crippen molar-refractivity contribution < 1.29 is 13.6 Å². The summed E-state index contributed by atoms with van der Waals surface area (Å²) in [6.45, 7) is 0. The summed E-state index contributed by atoms with van der Waals surface area (Å²) in [7, 11) is 0. The molecule has 0 unspecified atom stereocenters. The van der Waals surface area contributed by atoms with Gasteiger partial charge in [-0.2, -0.15) is 0 Å². The number of hydrogen-bond acceptors (Lipinski definition) is 1. The topological polar surface area (TPSA) is 17.1 Å². The first kappa shape index (κ1) is 11.2. The predicted molar refractivity (Wildman–Crippen MR) is 57.1 cm³/mol. The number of rotatable bonds is 2. The lowest BCUT2D eigenvalue weighted by Crippen LogP contribution is -2.15. The second kappa shape index (κ2) is 4.73. The Morgan fingerprint density at radius 2 is 1.81 bits per heavy atom. The van der Waals surface area contributed by atoms with E-state index in [4.69, 9.17) is 0 Å². The molecule has 16 heavy (non-hydrogen) atoms. The van der Waals surface area contributed by atoms with Crippen LogP contribution in [0, 0.1) is 17.6 Å². The van der Waals surface area contributed by atoms with Crippen LogP contribution in [-0.2, 0) is 4.79 Å². The number of halogens is 2. The summed E-state index contributed by atoms with van der Waals surface area (Å²) in [5.41, 5.74) is 0.462. The lowest BCUT2D eigenvalue weighted by molar-refractivity contribution is -0.111. The molecule has 1 aliphatic rings. The molecule has 0 heterocycles. The largest absolute Gasteiger partial charge is 0.303 e. The average Bonchev–Trinajstić information content (AvgIpc) is 2.33. The molecule has 0 N–H and O–H groups in total. The highest BCUT2D eigenvalue weighted by molar-refractivity contribution is 5.53. The molecule has 0 aromatic heterocycles. The third-order valence-electron chi connectivity index (χ3n) is 3.39. The van der Waals surface area contributed by atoms with E-state index in [1.165, 1.54) is 0 Å². The van der Waals surface area contributed by atoms with Crippen molar-refractivity contribution in [1.29, 1.82) is 0 Å². The van der Waals surface area contributed by atoms with Crippen LogP contribution in [0.2, 0.25) is 0 Å². The maximum absolute atomic E-state index is 13.5. The summed E-state index contributed by atoms with van der Waals surface area (Å²) in [4.78, 5) is 10.6. The van der Waals surface area contributed by atoms with Gasteiger partial charge in [-0.15, -0.1) is 0 Å². The van der Waals surface area contributed by atoms with Crippen molar-refractivity contribution in [2.24, 2.45) is 5.92 Å². The standard InChI is InChI=1S/C13H14F2O/c14-12-3-1-2-11(13(12)15)10-6-4-9(8-16)5-7-10/h1-3,8-10H,4-7H2/t9-,10-. The SMILES string of the molecule is O=C[C@H]1CC[C@H](c2cccc(F)c2F)CC1.